The van der Waals surface area contributed by atoms with E-state index in [2.05, 4.69) is 9.97 Å². The summed E-state index contributed by atoms with van der Waals surface area (Å²) in [6, 6.07) is 9.80. The van der Waals surface area contributed by atoms with E-state index in [1.807, 2.05) is 0 Å². The molecule has 5 nitrogen and oxygen atoms in total. The lowest BCUT2D eigenvalue weighted by Gasteiger charge is -2.23. The summed E-state index contributed by atoms with van der Waals surface area (Å²) in [6.07, 6.45) is 0.127. The highest BCUT2D eigenvalue weighted by atomic mass is 35.5. The Bertz CT molecular complexity index is 1030. The molecule has 26 heavy (non-hydrogen) atoms. The maximum absolute atomic E-state index is 14.1. The minimum Gasteiger partial charge on any atom is -0.460 e. The van der Waals surface area contributed by atoms with Crippen LogP contribution < -0.4 is 0 Å². The van der Waals surface area contributed by atoms with Crippen molar-refractivity contribution in [2.75, 3.05) is 0 Å². The van der Waals surface area contributed by atoms with E-state index in [4.69, 9.17) is 20.8 Å². The van der Waals surface area contributed by atoms with Gasteiger partial charge in [0, 0.05) is 6.42 Å². The lowest BCUT2D eigenvalue weighted by Crippen LogP contribution is -2.26. The van der Waals surface area contributed by atoms with Crippen LogP contribution in [0, 0.1) is 12.7 Å². The van der Waals surface area contributed by atoms with Gasteiger partial charge in [0.15, 0.2) is 11.4 Å². The molecule has 0 spiro atoms. The SMILES string of the molecule is Cc1ccc(-c2nc(Cl)nc3c2C(=O)OC3(C)Cc2ccccc2F)o1. The lowest BCUT2D eigenvalue weighted by molar-refractivity contribution is -0.000586. The van der Waals surface area contributed by atoms with Crippen LogP contribution in [0.4, 0.5) is 4.39 Å². The van der Waals surface area contributed by atoms with Crippen LogP contribution in [0.1, 0.15) is 34.3 Å². The van der Waals surface area contributed by atoms with E-state index in [1.54, 1.807) is 44.2 Å². The number of furan rings is 1. The molecule has 0 N–H and O–H groups in total. The Hall–Kier alpha value is -2.73. The molecule has 0 fully saturated rings. The maximum Gasteiger partial charge on any atom is 0.343 e. The van der Waals surface area contributed by atoms with Gasteiger partial charge in [0.25, 0.3) is 0 Å². The van der Waals surface area contributed by atoms with E-state index in [1.165, 1.54) is 6.07 Å². The summed E-state index contributed by atoms with van der Waals surface area (Å²) in [4.78, 5) is 21.0. The number of halogens is 2. The third-order valence-electron chi connectivity index (χ3n) is 4.36. The van der Waals surface area contributed by atoms with Gasteiger partial charge in [-0.2, -0.15) is 0 Å². The number of aryl methyl sites for hydroxylation is 1. The van der Waals surface area contributed by atoms with Crippen molar-refractivity contribution in [2.24, 2.45) is 0 Å². The molecule has 4 rings (SSSR count). The molecule has 1 aromatic carbocycles. The van der Waals surface area contributed by atoms with E-state index in [0.29, 0.717) is 22.8 Å². The number of nitrogens with zero attached hydrogens (tertiary/aromatic N) is 2. The summed E-state index contributed by atoms with van der Waals surface area (Å²) < 4.78 is 25.3. The highest BCUT2D eigenvalue weighted by Gasteiger charge is 2.46. The molecule has 3 aromatic rings. The maximum atomic E-state index is 14.1. The van der Waals surface area contributed by atoms with E-state index >= 15 is 0 Å². The zero-order valence-corrected chi connectivity index (χ0v) is 14.8. The fourth-order valence-corrected chi connectivity index (χ4v) is 3.35. The molecule has 0 saturated heterocycles. The van der Waals surface area contributed by atoms with Gasteiger partial charge in [-0.15, -0.1) is 0 Å². The number of cyclic esters (lactones) is 1. The molecule has 0 bridgehead atoms. The quantitative estimate of drug-likeness (QED) is 0.501. The first-order valence-electron chi connectivity index (χ1n) is 7.99. The number of hydrogen-bond acceptors (Lipinski definition) is 5. The number of ether oxygens (including phenoxy) is 1. The van der Waals surface area contributed by atoms with Crippen molar-refractivity contribution < 1.29 is 18.3 Å². The van der Waals surface area contributed by atoms with Crippen molar-refractivity contribution in [2.45, 2.75) is 25.9 Å². The van der Waals surface area contributed by atoms with Crippen LogP contribution in [0.2, 0.25) is 5.28 Å². The van der Waals surface area contributed by atoms with Crippen molar-refractivity contribution >= 4 is 17.6 Å². The van der Waals surface area contributed by atoms with Crippen LogP contribution in [-0.2, 0) is 16.8 Å². The van der Waals surface area contributed by atoms with Gasteiger partial charge in [0.05, 0.1) is 0 Å². The Morgan fingerprint density at radius 1 is 1.19 bits per heavy atom. The molecule has 1 atom stereocenters. The Kier molecular flexibility index (Phi) is 3.80. The summed E-state index contributed by atoms with van der Waals surface area (Å²) >= 11 is 6.09. The smallest absolute Gasteiger partial charge is 0.343 e. The zero-order chi connectivity index (χ0) is 18.5. The third-order valence-corrected chi connectivity index (χ3v) is 4.53. The molecular weight excluding hydrogens is 359 g/mol. The molecule has 0 aliphatic carbocycles. The van der Waals surface area contributed by atoms with Crippen LogP contribution in [0.5, 0.6) is 0 Å². The average molecular weight is 373 g/mol. The van der Waals surface area contributed by atoms with Gasteiger partial charge in [-0.25, -0.2) is 19.2 Å². The van der Waals surface area contributed by atoms with E-state index < -0.39 is 11.6 Å². The standard InChI is InChI=1S/C19H14ClFN2O3/c1-10-7-8-13(25-10)15-14-16(23-18(20)22-15)19(2,26-17(14)24)9-11-5-3-4-6-12(11)21/h3-8H,9H2,1-2H3. The number of carbonyl (C=O) groups is 1. The number of carbonyl (C=O) groups excluding carboxylic acids is 1. The van der Waals surface area contributed by atoms with Gasteiger partial charge in [-0.05, 0) is 49.2 Å². The molecule has 1 aliphatic heterocycles. The second kappa shape index (κ2) is 5.92. The van der Waals surface area contributed by atoms with Crippen molar-refractivity contribution in [3.8, 4) is 11.5 Å². The zero-order valence-electron chi connectivity index (χ0n) is 14.0. The van der Waals surface area contributed by atoms with Gasteiger partial charge in [0.1, 0.15) is 28.5 Å². The van der Waals surface area contributed by atoms with Crippen LogP contribution in [0.25, 0.3) is 11.5 Å². The number of hydrogen-bond donors (Lipinski definition) is 0. The van der Waals surface area contributed by atoms with E-state index in [0.717, 1.165) is 0 Å². The normalized spacial score (nSPS) is 18.7. The Balaban J connectivity index is 1.86. The molecule has 0 amide bonds. The monoisotopic (exact) mass is 372 g/mol. The van der Waals surface area contributed by atoms with Crippen LogP contribution in [-0.4, -0.2) is 15.9 Å². The summed E-state index contributed by atoms with van der Waals surface area (Å²) in [7, 11) is 0. The van der Waals surface area contributed by atoms with Gasteiger partial charge in [0.2, 0.25) is 5.28 Å². The molecule has 0 saturated carbocycles. The minimum atomic E-state index is -1.16. The second-order valence-corrected chi connectivity index (χ2v) is 6.70. The van der Waals surface area contributed by atoms with Crippen molar-refractivity contribution in [3.63, 3.8) is 0 Å². The first-order valence-corrected chi connectivity index (χ1v) is 8.37. The summed E-state index contributed by atoms with van der Waals surface area (Å²) in [6.45, 7) is 3.47. The molecule has 0 radical (unpaired) electrons. The molecule has 132 valence electrons. The minimum absolute atomic E-state index is 0.0362. The number of fused-ring (bicyclic) bond motifs is 1. The van der Waals surface area contributed by atoms with Crippen LogP contribution in [0.15, 0.2) is 40.8 Å². The van der Waals surface area contributed by atoms with Crippen molar-refractivity contribution in [1.29, 1.82) is 0 Å². The first kappa shape index (κ1) is 16.7. The highest BCUT2D eigenvalue weighted by Crippen LogP contribution is 2.42. The summed E-state index contributed by atoms with van der Waals surface area (Å²) in [5, 5.41) is -0.0362. The molecule has 2 aromatic heterocycles. The van der Waals surface area contributed by atoms with E-state index in [9.17, 15) is 9.18 Å². The topological polar surface area (TPSA) is 65.2 Å². The summed E-state index contributed by atoms with van der Waals surface area (Å²) in [5.41, 5.74) is 0.0611. The number of benzene rings is 1. The molecule has 1 aliphatic rings. The van der Waals surface area contributed by atoms with Gasteiger partial charge < -0.3 is 9.15 Å². The molecule has 1 unspecified atom stereocenters. The fraction of sp³-hybridized carbons (Fsp3) is 0.211. The molecule has 3 heterocycles. The first-order chi connectivity index (χ1) is 12.4. The Labute approximate surface area is 153 Å². The highest BCUT2D eigenvalue weighted by molar-refractivity contribution is 6.28. The summed E-state index contributed by atoms with van der Waals surface area (Å²) in [5.74, 6) is 0.110. The lowest BCUT2D eigenvalue weighted by atomic mass is 9.91. The average Bonchev–Trinajstić information content (AvgIpc) is 3.11. The predicted octanol–water partition coefficient (Wildman–Crippen LogP) is 4.47. The number of rotatable bonds is 3. The van der Waals surface area contributed by atoms with E-state index in [-0.39, 0.29) is 28.8 Å². The second-order valence-electron chi connectivity index (χ2n) is 6.36. The Morgan fingerprint density at radius 2 is 1.96 bits per heavy atom. The van der Waals surface area contributed by atoms with Crippen molar-refractivity contribution in [3.05, 3.63) is 70.1 Å². The van der Waals surface area contributed by atoms with Gasteiger partial charge >= 0.3 is 5.97 Å². The Morgan fingerprint density at radius 3 is 2.65 bits per heavy atom. The van der Waals surface area contributed by atoms with Gasteiger partial charge in [-0.3, -0.25) is 0 Å². The molecule has 7 heteroatoms. The van der Waals surface area contributed by atoms with Crippen molar-refractivity contribution in [1.82, 2.24) is 9.97 Å². The van der Waals surface area contributed by atoms with Crippen LogP contribution >= 0.6 is 11.6 Å². The fourth-order valence-electron chi connectivity index (χ4n) is 3.18. The molecular formula is C19H14ClFN2O3. The van der Waals surface area contributed by atoms with Crippen LogP contribution in [0.3, 0.4) is 0 Å². The third kappa shape index (κ3) is 2.66. The predicted molar refractivity (Wildman–Crippen MR) is 92.4 cm³/mol. The number of esters is 1. The number of aromatic nitrogens is 2. The van der Waals surface area contributed by atoms with Gasteiger partial charge in [-0.1, -0.05) is 18.2 Å². The largest absolute Gasteiger partial charge is 0.460 e.